The monoisotopic (exact) mass is 429 g/mol. The van der Waals surface area contributed by atoms with Crippen LogP contribution in [0.4, 0.5) is 0 Å². The maximum absolute atomic E-state index is 13.7. The number of hydrogen-bond donors (Lipinski definition) is 0. The minimum absolute atomic E-state index is 0.181. The molecule has 2 aromatic carbocycles. The summed E-state index contributed by atoms with van der Waals surface area (Å²) in [6.07, 6.45) is 1.75. The molecule has 0 spiro atoms. The van der Waals surface area contributed by atoms with Gasteiger partial charge in [-0.25, -0.2) is 17.2 Å². The standard InChI is InChI=1S/C22H20ClNO4S/c1-13-5-8-15(9-6-13)29(26,27)24-18-10-7-14(23)11-16(18)19-17(21(25)28-4)12-22(2,3)20(19)24/h5-12H,1-4H3. The molecule has 1 aliphatic carbocycles. The lowest BCUT2D eigenvalue weighted by Gasteiger charge is -2.21. The molecule has 0 bridgehead atoms. The van der Waals surface area contributed by atoms with Gasteiger partial charge in [0.1, 0.15) is 0 Å². The fourth-order valence-corrected chi connectivity index (χ4v) is 5.78. The van der Waals surface area contributed by atoms with Gasteiger partial charge in [-0.3, -0.25) is 0 Å². The molecule has 0 radical (unpaired) electrons. The number of esters is 1. The quantitative estimate of drug-likeness (QED) is 0.566. The van der Waals surface area contributed by atoms with Crippen molar-refractivity contribution in [2.45, 2.75) is 31.1 Å². The number of rotatable bonds is 3. The fourth-order valence-electron chi connectivity index (χ4n) is 3.93. The van der Waals surface area contributed by atoms with E-state index in [0.717, 1.165) is 5.56 Å². The Bertz CT molecular complexity index is 1300. The van der Waals surface area contributed by atoms with Crippen LogP contribution in [0.15, 0.2) is 53.4 Å². The predicted octanol–water partition coefficient (Wildman–Crippen LogP) is 4.69. The first-order chi connectivity index (χ1) is 13.6. The number of carbonyl (C=O) groups excluding carboxylic acids is 1. The van der Waals surface area contributed by atoms with Gasteiger partial charge in [0.2, 0.25) is 0 Å². The number of carbonyl (C=O) groups is 1. The molecular weight excluding hydrogens is 410 g/mol. The van der Waals surface area contributed by atoms with E-state index in [1.54, 1.807) is 48.5 Å². The number of allylic oxidation sites excluding steroid dienone is 1. The lowest BCUT2D eigenvalue weighted by atomic mass is 9.92. The maximum Gasteiger partial charge on any atom is 0.338 e. The van der Waals surface area contributed by atoms with E-state index in [1.165, 1.54) is 11.1 Å². The van der Waals surface area contributed by atoms with Crippen LogP contribution < -0.4 is 0 Å². The van der Waals surface area contributed by atoms with E-state index in [9.17, 15) is 13.2 Å². The van der Waals surface area contributed by atoms with Crippen LogP contribution in [0.2, 0.25) is 5.02 Å². The second kappa shape index (κ2) is 6.47. The Balaban J connectivity index is 2.13. The Morgan fingerprint density at radius 1 is 1.10 bits per heavy atom. The number of ether oxygens (including phenoxy) is 1. The van der Waals surface area contributed by atoms with Crippen molar-refractivity contribution in [3.63, 3.8) is 0 Å². The van der Waals surface area contributed by atoms with Gasteiger partial charge < -0.3 is 4.74 Å². The zero-order valence-corrected chi connectivity index (χ0v) is 18.1. The van der Waals surface area contributed by atoms with Crippen molar-refractivity contribution in [2.24, 2.45) is 0 Å². The predicted molar refractivity (Wildman–Crippen MR) is 114 cm³/mol. The van der Waals surface area contributed by atoms with E-state index in [0.29, 0.717) is 32.8 Å². The topological polar surface area (TPSA) is 65.4 Å². The third-order valence-corrected chi connectivity index (χ3v) is 7.20. The largest absolute Gasteiger partial charge is 0.465 e. The van der Waals surface area contributed by atoms with Crippen molar-refractivity contribution in [3.05, 3.63) is 70.4 Å². The molecule has 29 heavy (non-hydrogen) atoms. The molecule has 0 fully saturated rings. The Hall–Kier alpha value is -2.57. The van der Waals surface area contributed by atoms with Crippen molar-refractivity contribution in [2.75, 3.05) is 7.11 Å². The highest BCUT2D eigenvalue weighted by Gasteiger charge is 2.42. The average molecular weight is 430 g/mol. The molecule has 1 heterocycles. The molecule has 0 amide bonds. The van der Waals surface area contributed by atoms with Gasteiger partial charge in [0.15, 0.2) is 0 Å². The number of aryl methyl sites for hydroxylation is 1. The first kappa shape index (κ1) is 19.7. The lowest BCUT2D eigenvalue weighted by Crippen LogP contribution is -2.23. The highest BCUT2D eigenvalue weighted by Crippen LogP contribution is 2.47. The molecule has 0 atom stereocenters. The molecule has 0 N–H and O–H groups in total. The van der Waals surface area contributed by atoms with E-state index < -0.39 is 21.4 Å². The fraction of sp³-hybridized carbons (Fsp3) is 0.227. The molecule has 7 heteroatoms. The highest BCUT2D eigenvalue weighted by atomic mass is 35.5. The van der Waals surface area contributed by atoms with Gasteiger partial charge >= 0.3 is 5.97 Å². The molecule has 0 aliphatic heterocycles. The van der Waals surface area contributed by atoms with E-state index in [1.807, 2.05) is 20.8 Å². The van der Waals surface area contributed by atoms with Crippen LogP contribution >= 0.6 is 11.6 Å². The number of hydrogen-bond acceptors (Lipinski definition) is 4. The first-order valence-electron chi connectivity index (χ1n) is 9.06. The zero-order chi connectivity index (χ0) is 21.1. The average Bonchev–Trinajstić information content (AvgIpc) is 3.14. The van der Waals surface area contributed by atoms with E-state index in [4.69, 9.17) is 16.3 Å². The van der Waals surface area contributed by atoms with Crippen LogP contribution in [0.5, 0.6) is 0 Å². The first-order valence-corrected chi connectivity index (χ1v) is 10.9. The van der Waals surface area contributed by atoms with E-state index in [2.05, 4.69) is 0 Å². The minimum atomic E-state index is -3.92. The van der Waals surface area contributed by atoms with Crippen LogP contribution in [0.3, 0.4) is 0 Å². The third kappa shape index (κ3) is 2.90. The van der Waals surface area contributed by atoms with Crippen molar-refractivity contribution in [1.82, 2.24) is 3.97 Å². The minimum Gasteiger partial charge on any atom is -0.465 e. The summed E-state index contributed by atoms with van der Waals surface area (Å²) in [6.45, 7) is 5.66. The number of benzene rings is 2. The van der Waals surface area contributed by atoms with Crippen molar-refractivity contribution >= 4 is 44.1 Å². The number of fused-ring (bicyclic) bond motifs is 3. The van der Waals surface area contributed by atoms with Crippen molar-refractivity contribution in [1.29, 1.82) is 0 Å². The number of nitrogens with zero attached hydrogens (tertiary/aromatic N) is 1. The summed E-state index contributed by atoms with van der Waals surface area (Å²) in [5.74, 6) is -0.511. The molecule has 150 valence electrons. The van der Waals surface area contributed by atoms with Gasteiger partial charge in [-0.1, -0.05) is 49.2 Å². The summed E-state index contributed by atoms with van der Waals surface area (Å²) in [5, 5.41) is 1.06. The summed E-state index contributed by atoms with van der Waals surface area (Å²) in [7, 11) is -2.61. The molecule has 0 saturated heterocycles. The second-order valence-corrected chi connectivity index (χ2v) is 9.96. The molecule has 0 saturated carbocycles. The van der Waals surface area contributed by atoms with Crippen LogP contribution in [-0.4, -0.2) is 25.5 Å². The highest BCUT2D eigenvalue weighted by molar-refractivity contribution is 7.90. The molecule has 1 aliphatic rings. The summed E-state index contributed by atoms with van der Waals surface area (Å²) in [4.78, 5) is 12.7. The third-order valence-electron chi connectivity index (χ3n) is 5.24. The zero-order valence-electron chi connectivity index (χ0n) is 16.5. The van der Waals surface area contributed by atoms with Gasteiger partial charge in [-0.2, -0.15) is 0 Å². The van der Waals surface area contributed by atoms with Gasteiger partial charge in [-0.15, -0.1) is 0 Å². The van der Waals surface area contributed by atoms with E-state index >= 15 is 0 Å². The molecule has 5 nitrogen and oxygen atoms in total. The summed E-state index contributed by atoms with van der Waals surface area (Å²) in [6, 6.07) is 11.7. The lowest BCUT2D eigenvalue weighted by molar-refractivity contribution is -0.133. The van der Waals surface area contributed by atoms with E-state index in [-0.39, 0.29) is 4.90 Å². The number of aromatic nitrogens is 1. The Morgan fingerprint density at radius 2 is 1.76 bits per heavy atom. The molecule has 4 rings (SSSR count). The van der Waals surface area contributed by atoms with Gasteiger partial charge in [0.05, 0.1) is 28.8 Å². The van der Waals surface area contributed by atoms with Crippen molar-refractivity contribution < 1.29 is 17.9 Å². The summed E-state index contributed by atoms with van der Waals surface area (Å²) < 4.78 is 33.7. The van der Waals surface area contributed by atoms with Crippen molar-refractivity contribution in [3.8, 4) is 0 Å². The van der Waals surface area contributed by atoms with Crippen LogP contribution in [0, 0.1) is 6.92 Å². The van der Waals surface area contributed by atoms with Gasteiger partial charge in [0, 0.05) is 21.4 Å². The van der Waals surface area contributed by atoms with Crippen LogP contribution in [0.25, 0.3) is 16.5 Å². The number of halogens is 1. The molecule has 0 unspecified atom stereocenters. The second-order valence-electron chi connectivity index (χ2n) is 7.74. The molecular formula is C22H20ClNO4S. The van der Waals surface area contributed by atoms with Crippen LogP contribution in [0.1, 0.15) is 30.7 Å². The smallest absolute Gasteiger partial charge is 0.338 e. The normalized spacial score (nSPS) is 15.3. The summed E-state index contributed by atoms with van der Waals surface area (Å²) in [5.41, 5.74) is 2.15. The molecule has 3 aromatic rings. The summed E-state index contributed by atoms with van der Waals surface area (Å²) >= 11 is 6.22. The Kier molecular flexibility index (Phi) is 4.40. The Morgan fingerprint density at radius 3 is 2.38 bits per heavy atom. The van der Waals surface area contributed by atoms with Crippen LogP contribution in [-0.2, 0) is 25.0 Å². The van der Waals surface area contributed by atoms with Gasteiger partial charge in [-0.05, 0) is 37.3 Å². The van der Waals surface area contributed by atoms with Gasteiger partial charge in [0.25, 0.3) is 10.0 Å². The maximum atomic E-state index is 13.7. The SMILES string of the molecule is COC(=O)C1=CC(C)(C)c2c1c1cc(Cl)ccc1n2S(=O)(=O)c1ccc(C)cc1. The molecule has 1 aromatic heterocycles. The Labute approximate surface area is 174 Å². The number of methoxy groups -OCH3 is 1.